The molecule has 1 amide bonds. The lowest BCUT2D eigenvalue weighted by Gasteiger charge is -2.40. The number of ether oxygens (including phenoxy) is 2. The van der Waals surface area contributed by atoms with Crippen LogP contribution >= 0.6 is 0 Å². The monoisotopic (exact) mass is 1070 g/mol. The smallest absolute Gasteiger partial charge is 0.220 e. The topological polar surface area (TPSA) is 149 Å². The van der Waals surface area contributed by atoms with Gasteiger partial charge in [-0.1, -0.05) is 294 Å². The van der Waals surface area contributed by atoms with E-state index in [0.29, 0.717) is 6.42 Å². The number of carbonyl (C=O) groups excluding carboxylic acids is 1. The van der Waals surface area contributed by atoms with Crippen LogP contribution in [-0.4, -0.2) is 87.5 Å². The first-order valence-electron chi connectivity index (χ1n) is 32.9. The lowest BCUT2D eigenvalue weighted by Crippen LogP contribution is -2.60. The molecule has 7 unspecified atom stereocenters. The van der Waals surface area contributed by atoms with Crippen LogP contribution in [0, 0.1) is 0 Å². The lowest BCUT2D eigenvalue weighted by molar-refractivity contribution is -0.302. The van der Waals surface area contributed by atoms with E-state index in [2.05, 4.69) is 55.6 Å². The fourth-order valence-electron chi connectivity index (χ4n) is 10.4. The molecule has 1 heterocycles. The van der Waals surface area contributed by atoms with Crippen molar-refractivity contribution in [3.63, 3.8) is 0 Å². The molecule has 0 aromatic rings. The molecule has 1 aliphatic heterocycles. The van der Waals surface area contributed by atoms with Crippen molar-refractivity contribution in [2.45, 2.75) is 358 Å². The highest BCUT2D eigenvalue weighted by molar-refractivity contribution is 5.76. The third kappa shape index (κ3) is 44.9. The van der Waals surface area contributed by atoms with Crippen LogP contribution in [0.15, 0.2) is 48.6 Å². The van der Waals surface area contributed by atoms with Crippen molar-refractivity contribution in [1.29, 1.82) is 0 Å². The van der Waals surface area contributed by atoms with Crippen LogP contribution in [-0.2, 0) is 14.3 Å². The van der Waals surface area contributed by atoms with Gasteiger partial charge >= 0.3 is 0 Å². The number of hydrogen-bond acceptors (Lipinski definition) is 8. The predicted octanol–water partition coefficient (Wildman–Crippen LogP) is 17.2. The zero-order valence-corrected chi connectivity index (χ0v) is 49.8. The number of nitrogens with one attached hydrogen (secondary N) is 1. The molecule has 6 N–H and O–H groups in total. The highest BCUT2D eigenvalue weighted by atomic mass is 16.7. The zero-order valence-electron chi connectivity index (χ0n) is 49.8. The minimum atomic E-state index is -1.57. The van der Waals surface area contributed by atoms with E-state index < -0.39 is 49.5 Å². The van der Waals surface area contributed by atoms with Crippen LogP contribution in [0.25, 0.3) is 0 Å². The Bertz CT molecular complexity index is 1340. The van der Waals surface area contributed by atoms with E-state index in [-0.39, 0.29) is 12.5 Å². The number of rotatable bonds is 57. The first-order chi connectivity index (χ1) is 37.3. The molecule has 7 atom stereocenters. The van der Waals surface area contributed by atoms with E-state index in [4.69, 9.17) is 9.47 Å². The van der Waals surface area contributed by atoms with Crippen molar-refractivity contribution in [3.8, 4) is 0 Å². The van der Waals surface area contributed by atoms with Gasteiger partial charge in [0, 0.05) is 6.42 Å². The van der Waals surface area contributed by atoms with Crippen LogP contribution in [0.3, 0.4) is 0 Å². The van der Waals surface area contributed by atoms with E-state index in [1.165, 1.54) is 250 Å². The van der Waals surface area contributed by atoms with Gasteiger partial charge in [0.2, 0.25) is 5.91 Å². The van der Waals surface area contributed by atoms with E-state index >= 15 is 0 Å². The highest BCUT2D eigenvalue weighted by Crippen LogP contribution is 2.23. The molecule has 1 rings (SSSR count). The summed E-state index contributed by atoms with van der Waals surface area (Å²) < 4.78 is 11.3. The molecule has 0 radical (unpaired) electrons. The SMILES string of the molecule is CCCCCCCCCCC/C=C\C/C=C\CCCCCCCCCCCCCCCC(=O)NC(COC1OC(CO)C(O)C(O)C1O)C(O)/C=C/CC/C=C/CCCCCCCCCCCCCCCCCCCC. The van der Waals surface area contributed by atoms with Gasteiger partial charge in [0.25, 0.3) is 0 Å². The molecule has 9 nitrogen and oxygen atoms in total. The summed E-state index contributed by atoms with van der Waals surface area (Å²) in [4.78, 5) is 13.1. The van der Waals surface area contributed by atoms with Gasteiger partial charge in [-0.2, -0.15) is 0 Å². The van der Waals surface area contributed by atoms with Gasteiger partial charge in [0.05, 0.1) is 25.4 Å². The third-order valence-electron chi connectivity index (χ3n) is 15.6. The minimum Gasteiger partial charge on any atom is -0.394 e. The van der Waals surface area contributed by atoms with Crippen LogP contribution in [0.1, 0.15) is 316 Å². The Morgan fingerprint density at radius 1 is 0.447 bits per heavy atom. The molecule has 446 valence electrons. The molecule has 0 saturated carbocycles. The number of aliphatic hydroxyl groups is 5. The van der Waals surface area contributed by atoms with Gasteiger partial charge in [0.15, 0.2) is 6.29 Å². The molecule has 0 bridgehead atoms. The summed E-state index contributed by atoms with van der Waals surface area (Å²) in [6.45, 7) is 3.80. The van der Waals surface area contributed by atoms with E-state index in [1.54, 1.807) is 6.08 Å². The second-order valence-electron chi connectivity index (χ2n) is 22.9. The molecule has 0 spiro atoms. The molecule has 0 aliphatic carbocycles. The Morgan fingerprint density at radius 2 is 0.789 bits per heavy atom. The molecule has 0 aromatic carbocycles. The quantitative estimate of drug-likeness (QED) is 0.0261. The number of carbonyl (C=O) groups is 1. The molecular formula is C67H125NO8. The molecule has 1 fully saturated rings. The van der Waals surface area contributed by atoms with Crippen molar-refractivity contribution in [2.24, 2.45) is 0 Å². The highest BCUT2D eigenvalue weighted by Gasteiger charge is 2.44. The predicted molar refractivity (Wildman–Crippen MR) is 323 cm³/mol. The number of allylic oxidation sites excluding steroid dienone is 7. The lowest BCUT2D eigenvalue weighted by atomic mass is 9.99. The number of aliphatic hydroxyl groups excluding tert-OH is 5. The Labute approximate surface area is 469 Å². The number of amides is 1. The third-order valence-corrected chi connectivity index (χ3v) is 15.6. The van der Waals surface area contributed by atoms with Crippen molar-refractivity contribution in [3.05, 3.63) is 48.6 Å². The fraction of sp³-hybridized carbons (Fsp3) is 0.866. The summed E-state index contributed by atoms with van der Waals surface area (Å²) in [5.74, 6) is -0.184. The van der Waals surface area contributed by atoms with Crippen LogP contribution in [0.5, 0.6) is 0 Å². The molecular weight excluding hydrogens is 947 g/mol. The molecule has 1 aliphatic rings. The molecule has 1 saturated heterocycles. The average molecular weight is 1070 g/mol. The zero-order chi connectivity index (χ0) is 55.0. The van der Waals surface area contributed by atoms with Crippen molar-refractivity contribution in [1.82, 2.24) is 5.32 Å². The Kier molecular flexibility index (Phi) is 53.6. The van der Waals surface area contributed by atoms with Gasteiger partial charge in [-0.15, -0.1) is 0 Å². The summed E-state index contributed by atoms with van der Waals surface area (Å²) in [6, 6.07) is -0.824. The average Bonchev–Trinajstić information content (AvgIpc) is 3.42. The fourth-order valence-corrected chi connectivity index (χ4v) is 10.4. The van der Waals surface area contributed by atoms with E-state index in [0.717, 1.165) is 44.9 Å². The standard InChI is InChI=1S/C67H125NO8/c1-3-5-7-9-11-13-15-17-19-21-23-25-27-29-30-31-32-33-35-37-39-41-43-45-47-49-51-53-55-57-63(71)68-60(59-75-67-66(74)65(73)64(72)62(58-69)76-67)61(70)56-54-52-50-48-46-44-42-40-38-36-34-28-26-24-22-20-18-16-14-12-10-8-6-4-2/h23,25,29-30,46,48,54,56,60-62,64-67,69-70,72-74H,3-22,24,26-28,31-45,47,49-53,55,57-59H2,1-2H3,(H,68,71)/b25-23-,30-29-,48-46+,56-54+. The van der Waals surface area contributed by atoms with E-state index in [9.17, 15) is 30.3 Å². The van der Waals surface area contributed by atoms with Crippen LogP contribution in [0.4, 0.5) is 0 Å². The van der Waals surface area contributed by atoms with Crippen molar-refractivity contribution in [2.75, 3.05) is 13.2 Å². The number of unbranched alkanes of at least 4 members (excludes halogenated alkanes) is 41. The maximum atomic E-state index is 13.1. The summed E-state index contributed by atoms with van der Waals surface area (Å²) >= 11 is 0. The van der Waals surface area contributed by atoms with Gasteiger partial charge in [-0.3, -0.25) is 4.79 Å². The van der Waals surface area contributed by atoms with Gasteiger partial charge in [-0.25, -0.2) is 0 Å². The van der Waals surface area contributed by atoms with Crippen molar-refractivity contribution >= 4 is 5.91 Å². The first kappa shape index (κ1) is 72.2. The molecule has 0 aromatic heterocycles. The van der Waals surface area contributed by atoms with Gasteiger partial charge < -0.3 is 40.3 Å². The molecule has 9 heteroatoms. The largest absolute Gasteiger partial charge is 0.394 e. The normalized spacial score (nSPS) is 19.1. The second kappa shape index (κ2) is 56.4. The van der Waals surface area contributed by atoms with Gasteiger partial charge in [-0.05, 0) is 64.2 Å². The van der Waals surface area contributed by atoms with Crippen LogP contribution in [0.2, 0.25) is 0 Å². The summed E-state index contributed by atoms with van der Waals surface area (Å²) in [7, 11) is 0. The maximum Gasteiger partial charge on any atom is 0.220 e. The Morgan fingerprint density at radius 3 is 1.18 bits per heavy atom. The van der Waals surface area contributed by atoms with Crippen LogP contribution < -0.4 is 5.32 Å². The maximum absolute atomic E-state index is 13.1. The first-order valence-corrected chi connectivity index (χ1v) is 32.9. The minimum absolute atomic E-state index is 0.184. The Hall–Kier alpha value is -1.85. The Balaban J connectivity index is 2.18. The number of hydrogen-bond donors (Lipinski definition) is 6. The second-order valence-corrected chi connectivity index (χ2v) is 22.9. The summed E-state index contributed by atoms with van der Waals surface area (Å²) in [5.41, 5.74) is 0. The molecule has 76 heavy (non-hydrogen) atoms. The summed E-state index contributed by atoms with van der Waals surface area (Å²) in [6.07, 6.45) is 69.2. The van der Waals surface area contributed by atoms with E-state index in [1.807, 2.05) is 6.08 Å². The van der Waals surface area contributed by atoms with Gasteiger partial charge in [0.1, 0.15) is 24.4 Å². The summed E-state index contributed by atoms with van der Waals surface area (Å²) in [5, 5.41) is 54.6. The van der Waals surface area contributed by atoms with Crippen molar-refractivity contribution < 1.29 is 39.8 Å².